The second-order valence-electron chi connectivity index (χ2n) is 4.32. The molecule has 90 valence electrons. The van der Waals surface area contributed by atoms with Crippen LogP contribution in [0.3, 0.4) is 0 Å². The Morgan fingerprint density at radius 3 is 3.24 bits per heavy atom. The van der Waals surface area contributed by atoms with Gasteiger partial charge in [-0.3, -0.25) is 0 Å². The summed E-state index contributed by atoms with van der Waals surface area (Å²) in [5.41, 5.74) is 6.26. The summed E-state index contributed by atoms with van der Waals surface area (Å²) in [6, 6.07) is 0.163. The summed E-state index contributed by atoms with van der Waals surface area (Å²) in [4.78, 5) is 17.8. The highest BCUT2D eigenvalue weighted by molar-refractivity contribution is 5.63. The number of fused-ring (bicyclic) bond motifs is 1. The number of aromatic nitrogens is 4. The van der Waals surface area contributed by atoms with Crippen molar-refractivity contribution < 1.29 is 0 Å². The van der Waals surface area contributed by atoms with Crippen LogP contribution in [0.1, 0.15) is 12.8 Å². The van der Waals surface area contributed by atoms with Crippen molar-refractivity contribution in [1.82, 2.24) is 19.6 Å². The van der Waals surface area contributed by atoms with E-state index < -0.39 is 0 Å². The second-order valence-corrected chi connectivity index (χ2v) is 4.32. The molecule has 0 radical (unpaired) electrons. The number of aromatic amines is 1. The summed E-state index contributed by atoms with van der Waals surface area (Å²) < 4.78 is 1.46. The van der Waals surface area contributed by atoms with Gasteiger partial charge in [0, 0.05) is 31.5 Å². The van der Waals surface area contributed by atoms with Crippen LogP contribution in [0.4, 0.5) is 5.82 Å². The van der Waals surface area contributed by atoms with Crippen molar-refractivity contribution in [2.45, 2.75) is 18.9 Å². The molecule has 2 aromatic rings. The molecule has 1 saturated heterocycles. The van der Waals surface area contributed by atoms with Gasteiger partial charge in [0.1, 0.15) is 0 Å². The van der Waals surface area contributed by atoms with Gasteiger partial charge >= 0.3 is 5.69 Å². The Labute approximate surface area is 97.3 Å². The van der Waals surface area contributed by atoms with Gasteiger partial charge in [0.15, 0.2) is 5.82 Å². The fraction of sp³-hybridized carbons (Fsp3) is 0.500. The summed E-state index contributed by atoms with van der Waals surface area (Å²) in [7, 11) is 0. The highest BCUT2D eigenvalue weighted by Crippen LogP contribution is 2.19. The van der Waals surface area contributed by atoms with E-state index in [0.29, 0.717) is 5.65 Å². The van der Waals surface area contributed by atoms with Crippen LogP contribution in [0, 0.1) is 0 Å². The summed E-state index contributed by atoms with van der Waals surface area (Å²) in [5.74, 6) is 0.723. The van der Waals surface area contributed by atoms with Gasteiger partial charge in [-0.15, -0.1) is 5.10 Å². The van der Waals surface area contributed by atoms with Crippen molar-refractivity contribution in [3.8, 4) is 0 Å². The van der Waals surface area contributed by atoms with E-state index in [9.17, 15) is 4.79 Å². The molecule has 1 aliphatic heterocycles. The number of piperidine rings is 1. The van der Waals surface area contributed by atoms with Crippen molar-refractivity contribution >= 4 is 11.5 Å². The number of hydrogen-bond donors (Lipinski definition) is 2. The molecule has 17 heavy (non-hydrogen) atoms. The molecule has 2 aromatic heterocycles. The van der Waals surface area contributed by atoms with E-state index in [1.165, 1.54) is 4.40 Å². The van der Waals surface area contributed by atoms with Gasteiger partial charge < -0.3 is 10.6 Å². The lowest BCUT2D eigenvalue weighted by Crippen LogP contribution is -2.43. The van der Waals surface area contributed by atoms with Crippen molar-refractivity contribution in [3.05, 3.63) is 22.9 Å². The molecule has 0 spiro atoms. The Hall–Kier alpha value is -1.89. The van der Waals surface area contributed by atoms with Crippen LogP contribution < -0.4 is 16.3 Å². The average Bonchev–Trinajstić information content (AvgIpc) is 2.71. The smallest absolute Gasteiger partial charge is 0.347 e. The lowest BCUT2D eigenvalue weighted by molar-refractivity contribution is 0.503. The third-order valence-electron chi connectivity index (χ3n) is 3.07. The Kier molecular flexibility index (Phi) is 2.32. The van der Waals surface area contributed by atoms with E-state index in [4.69, 9.17) is 5.73 Å². The summed E-state index contributed by atoms with van der Waals surface area (Å²) in [6.45, 7) is 1.66. The van der Waals surface area contributed by atoms with Crippen molar-refractivity contribution in [2.75, 3.05) is 18.0 Å². The molecule has 0 unspecified atom stereocenters. The minimum absolute atomic E-state index is 0.163. The maximum atomic E-state index is 11.5. The highest BCUT2D eigenvalue weighted by Gasteiger charge is 2.20. The van der Waals surface area contributed by atoms with Gasteiger partial charge in [-0.25, -0.2) is 19.3 Å². The Morgan fingerprint density at radius 2 is 2.41 bits per heavy atom. The van der Waals surface area contributed by atoms with Crippen molar-refractivity contribution in [1.29, 1.82) is 0 Å². The van der Waals surface area contributed by atoms with Gasteiger partial charge in [0.2, 0.25) is 5.65 Å². The van der Waals surface area contributed by atoms with E-state index in [2.05, 4.69) is 20.1 Å². The predicted octanol–water partition coefficient (Wildman–Crippen LogP) is -0.655. The van der Waals surface area contributed by atoms with Gasteiger partial charge in [-0.1, -0.05) is 0 Å². The maximum absolute atomic E-state index is 11.5. The Bertz CT molecular complexity index is 588. The summed E-state index contributed by atoms with van der Waals surface area (Å²) in [6.07, 6.45) is 5.29. The molecule has 3 heterocycles. The largest absolute Gasteiger partial charge is 0.352 e. The van der Waals surface area contributed by atoms with Crippen molar-refractivity contribution in [3.63, 3.8) is 0 Å². The van der Waals surface area contributed by atoms with Gasteiger partial charge in [-0.05, 0) is 12.8 Å². The molecule has 3 N–H and O–H groups in total. The minimum atomic E-state index is -0.245. The highest BCUT2D eigenvalue weighted by atomic mass is 16.1. The topological polar surface area (TPSA) is 92.3 Å². The third kappa shape index (κ3) is 1.68. The first-order valence-electron chi connectivity index (χ1n) is 5.68. The normalized spacial score (nSPS) is 21.0. The SMILES string of the molecule is N[C@@H]1CCCN(c2nccn3c(=O)[nH]nc23)C1. The molecule has 0 aliphatic carbocycles. The third-order valence-corrected chi connectivity index (χ3v) is 3.07. The second kappa shape index (κ2) is 3.85. The van der Waals surface area contributed by atoms with Gasteiger partial charge in [-0.2, -0.15) is 0 Å². The number of nitrogens with one attached hydrogen (secondary N) is 1. The van der Waals surface area contributed by atoms with Crippen LogP contribution in [0.25, 0.3) is 5.65 Å². The molecule has 0 saturated carbocycles. The van der Waals surface area contributed by atoms with Crippen LogP contribution in [-0.2, 0) is 0 Å². The maximum Gasteiger partial charge on any atom is 0.347 e. The average molecular weight is 234 g/mol. The van der Waals surface area contributed by atoms with E-state index in [-0.39, 0.29) is 11.7 Å². The molecular weight excluding hydrogens is 220 g/mol. The lowest BCUT2D eigenvalue weighted by atomic mass is 10.1. The molecule has 1 aliphatic rings. The Balaban J connectivity index is 2.07. The Morgan fingerprint density at radius 1 is 1.53 bits per heavy atom. The number of anilines is 1. The standard InChI is InChI=1S/C10H14N6O/c11-7-2-1-4-15(6-7)8-9-13-14-10(17)16(9)5-3-12-8/h3,5,7H,1-2,4,6,11H2,(H,14,17)/t7-/m1/s1. The van der Waals surface area contributed by atoms with E-state index in [1.807, 2.05) is 0 Å². The molecule has 0 amide bonds. The van der Waals surface area contributed by atoms with Crippen molar-refractivity contribution in [2.24, 2.45) is 5.73 Å². The van der Waals surface area contributed by atoms with Crippen LogP contribution >= 0.6 is 0 Å². The van der Waals surface area contributed by atoms with E-state index >= 15 is 0 Å². The van der Waals surface area contributed by atoms with E-state index in [1.54, 1.807) is 12.4 Å². The number of rotatable bonds is 1. The van der Waals surface area contributed by atoms with Gasteiger partial charge in [0.05, 0.1) is 0 Å². The van der Waals surface area contributed by atoms with Crippen LogP contribution in [0.15, 0.2) is 17.2 Å². The lowest BCUT2D eigenvalue weighted by Gasteiger charge is -2.31. The monoisotopic (exact) mass is 234 g/mol. The molecule has 0 bridgehead atoms. The number of hydrogen-bond acceptors (Lipinski definition) is 5. The predicted molar refractivity (Wildman–Crippen MR) is 63.0 cm³/mol. The molecule has 3 rings (SSSR count). The number of nitrogens with zero attached hydrogens (tertiary/aromatic N) is 4. The van der Waals surface area contributed by atoms with Crippen LogP contribution in [0.2, 0.25) is 0 Å². The molecular formula is C10H14N6O. The quantitative estimate of drug-likeness (QED) is 0.683. The summed E-state index contributed by atoms with van der Waals surface area (Å²) >= 11 is 0. The zero-order valence-corrected chi connectivity index (χ0v) is 9.33. The molecule has 7 heteroatoms. The molecule has 1 atom stereocenters. The van der Waals surface area contributed by atoms with Crippen LogP contribution in [-0.4, -0.2) is 38.7 Å². The first-order chi connectivity index (χ1) is 8.25. The fourth-order valence-electron chi connectivity index (χ4n) is 2.25. The van der Waals surface area contributed by atoms with Crippen LogP contribution in [0.5, 0.6) is 0 Å². The summed E-state index contributed by atoms with van der Waals surface area (Å²) in [5, 5.41) is 6.43. The molecule has 0 aromatic carbocycles. The number of nitrogens with two attached hydrogens (primary N) is 1. The number of H-pyrrole nitrogens is 1. The fourth-order valence-corrected chi connectivity index (χ4v) is 2.25. The van der Waals surface area contributed by atoms with Gasteiger partial charge in [0.25, 0.3) is 0 Å². The minimum Gasteiger partial charge on any atom is -0.352 e. The zero-order chi connectivity index (χ0) is 11.8. The first-order valence-corrected chi connectivity index (χ1v) is 5.68. The first kappa shape index (κ1) is 10.3. The molecule has 1 fully saturated rings. The zero-order valence-electron chi connectivity index (χ0n) is 9.33. The molecule has 7 nitrogen and oxygen atoms in total. The van der Waals surface area contributed by atoms with E-state index in [0.717, 1.165) is 31.7 Å².